The molecule has 19 heavy (non-hydrogen) atoms. The zero-order valence-corrected chi connectivity index (χ0v) is 11.5. The lowest BCUT2D eigenvalue weighted by molar-refractivity contribution is -0.185. The third kappa shape index (κ3) is 2.78. The van der Waals surface area contributed by atoms with Gasteiger partial charge in [-0.2, -0.15) is 0 Å². The second-order valence-corrected chi connectivity index (χ2v) is 6.07. The highest BCUT2D eigenvalue weighted by molar-refractivity contribution is 5.79. The summed E-state index contributed by atoms with van der Waals surface area (Å²) >= 11 is 0. The van der Waals surface area contributed by atoms with Crippen molar-refractivity contribution in [2.45, 2.75) is 50.4 Å². The molecule has 0 aromatic heterocycles. The number of hydrogen-bond donors (Lipinski definition) is 1. The van der Waals surface area contributed by atoms with E-state index in [0.717, 1.165) is 51.6 Å². The Labute approximate surface area is 114 Å². The number of nitrogens with zero attached hydrogens (tertiary/aromatic N) is 1. The second kappa shape index (κ2) is 5.38. The van der Waals surface area contributed by atoms with Gasteiger partial charge in [0.2, 0.25) is 5.91 Å². The molecule has 2 saturated heterocycles. The number of piperidine rings is 1. The number of nitrogens with two attached hydrogens (primary N) is 1. The summed E-state index contributed by atoms with van der Waals surface area (Å²) in [6.07, 6.45) is 5.54. The Balaban J connectivity index is 1.54. The quantitative estimate of drug-likeness (QED) is 0.766. The normalized spacial score (nSPS) is 31.8. The standard InChI is InChI=1S/C14H24N2O3/c15-12-2-1-7-16(10-12)13(17)11-3-5-14(6-4-11)18-8-9-19-14/h11-12H,1-10,15H2. The number of ether oxygens (including phenoxy) is 2. The number of amides is 1. The van der Waals surface area contributed by atoms with Crippen molar-refractivity contribution < 1.29 is 14.3 Å². The van der Waals surface area contributed by atoms with Gasteiger partial charge < -0.3 is 20.1 Å². The average molecular weight is 268 g/mol. The lowest BCUT2D eigenvalue weighted by Gasteiger charge is -2.38. The molecule has 3 rings (SSSR count). The molecule has 1 atom stereocenters. The van der Waals surface area contributed by atoms with E-state index in [0.29, 0.717) is 19.1 Å². The van der Waals surface area contributed by atoms with Crippen LogP contribution in [-0.4, -0.2) is 48.9 Å². The summed E-state index contributed by atoms with van der Waals surface area (Å²) in [7, 11) is 0. The fraction of sp³-hybridized carbons (Fsp3) is 0.929. The maximum absolute atomic E-state index is 12.5. The van der Waals surface area contributed by atoms with Crippen molar-refractivity contribution in [2.75, 3.05) is 26.3 Å². The van der Waals surface area contributed by atoms with E-state index in [1.54, 1.807) is 0 Å². The number of carbonyl (C=O) groups is 1. The monoisotopic (exact) mass is 268 g/mol. The van der Waals surface area contributed by atoms with Crippen LogP contribution in [-0.2, 0) is 14.3 Å². The van der Waals surface area contributed by atoms with Crippen molar-refractivity contribution in [3.63, 3.8) is 0 Å². The van der Waals surface area contributed by atoms with Crippen LogP contribution in [0.2, 0.25) is 0 Å². The number of hydrogen-bond acceptors (Lipinski definition) is 4. The van der Waals surface area contributed by atoms with Gasteiger partial charge in [-0.3, -0.25) is 4.79 Å². The van der Waals surface area contributed by atoms with E-state index in [4.69, 9.17) is 15.2 Å². The Bertz CT molecular complexity index is 332. The molecule has 5 nitrogen and oxygen atoms in total. The van der Waals surface area contributed by atoms with Crippen LogP contribution in [0.3, 0.4) is 0 Å². The molecule has 2 aliphatic heterocycles. The molecule has 1 spiro atoms. The van der Waals surface area contributed by atoms with Crippen LogP contribution in [0.5, 0.6) is 0 Å². The van der Waals surface area contributed by atoms with Gasteiger partial charge in [-0.15, -0.1) is 0 Å². The lowest BCUT2D eigenvalue weighted by atomic mass is 9.84. The van der Waals surface area contributed by atoms with Gasteiger partial charge in [0.1, 0.15) is 0 Å². The van der Waals surface area contributed by atoms with Crippen LogP contribution in [0.1, 0.15) is 38.5 Å². The number of carbonyl (C=O) groups excluding carboxylic acids is 1. The Morgan fingerprint density at radius 3 is 2.47 bits per heavy atom. The van der Waals surface area contributed by atoms with Gasteiger partial charge in [-0.05, 0) is 25.7 Å². The topological polar surface area (TPSA) is 64.8 Å². The molecule has 0 aromatic carbocycles. The largest absolute Gasteiger partial charge is 0.348 e. The Hall–Kier alpha value is -0.650. The molecule has 2 N–H and O–H groups in total. The maximum Gasteiger partial charge on any atom is 0.225 e. The zero-order valence-electron chi connectivity index (χ0n) is 11.5. The van der Waals surface area contributed by atoms with Gasteiger partial charge in [0.25, 0.3) is 0 Å². The minimum absolute atomic E-state index is 0.142. The van der Waals surface area contributed by atoms with E-state index in [1.807, 2.05) is 4.90 Å². The average Bonchev–Trinajstić information content (AvgIpc) is 2.87. The van der Waals surface area contributed by atoms with Crippen LogP contribution in [0.25, 0.3) is 0 Å². The maximum atomic E-state index is 12.5. The first-order chi connectivity index (χ1) is 9.19. The predicted octanol–water partition coefficient (Wildman–Crippen LogP) is 0.869. The van der Waals surface area contributed by atoms with Crippen molar-refractivity contribution in [1.29, 1.82) is 0 Å². The molecule has 1 aliphatic carbocycles. The van der Waals surface area contributed by atoms with Gasteiger partial charge in [0.05, 0.1) is 13.2 Å². The summed E-state index contributed by atoms with van der Waals surface area (Å²) in [4.78, 5) is 14.5. The highest BCUT2D eigenvalue weighted by Crippen LogP contribution is 2.39. The Morgan fingerprint density at radius 2 is 1.84 bits per heavy atom. The fourth-order valence-corrected chi connectivity index (χ4v) is 3.56. The SMILES string of the molecule is NC1CCCN(C(=O)C2CCC3(CC2)OCCO3)C1. The first kappa shape index (κ1) is 13.3. The summed E-state index contributed by atoms with van der Waals surface area (Å²) < 4.78 is 11.4. The van der Waals surface area contributed by atoms with Gasteiger partial charge in [-0.25, -0.2) is 0 Å². The van der Waals surface area contributed by atoms with Gasteiger partial charge in [0, 0.05) is 37.9 Å². The molecule has 5 heteroatoms. The fourth-order valence-electron chi connectivity index (χ4n) is 3.56. The minimum Gasteiger partial charge on any atom is -0.348 e. The van der Waals surface area contributed by atoms with Gasteiger partial charge >= 0.3 is 0 Å². The highest BCUT2D eigenvalue weighted by Gasteiger charge is 2.42. The molecule has 3 fully saturated rings. The van der Waals surface area contributed by atoms with Gasteiger partial charge in [-0.1, -0.05) is 0 Å². The summed E-state index contributed by atoms with van der Waals surface area (Å²) in [5, 5.41) is 0. The predicted molar refractivity (Wildman–Crippen MR) is 70.4 cm³/mol. The summed E-state index contributed by atoms with van der Waals surface area (Å²) in [6.45, 7) is 2.99. The van der Waals surface area contributed by atoms with Crippen LogP contribution in [0, 0.1) is 5.92 Å². The Kier molecular flexibility index (Phi) is 3.78. The van der Waals surface area contributed by atoms with Crippen LogP contribution >= 0.6 is 0 Å². The first-order valence-electron chi connectivity index (χ1n) is 7.51. The molecule has 3 aliphatic rings. The van der Waals surface area contributed by atoms with Crippen molar-refractivity contribution in [3.05, 3.63) is 0 Å². The first-order valence-corrected chi connectivity index (χ1v) is 7.51. The van der Waals surface area contributed by atoms with Crippen molar-refractivity contribution in [2.24, 2.45) is 11.7 Å². The minimum atomic E-state index is -0.366. The van der Waals surface area contributed by atoms with Crippen molar-refractivity contribution in [1.82, 2.24) is 4.90 Å². The zero-order chi connectivity index (χ0) is 13.3. The molecule has 0 bridgehead atoms. The van der Waals surface area contributed by atoms with Crippen molar-refractivity contribution in [3.8, 4) is 0 Å². The summed E-state index contributed by atoms with van der Waals surface area (Å²) in [5.41, 5.74) is 5.95. The number of rotatable bonds is 1. The van der Waals surface area contributed by atoms with E-state index in [-0.39, 0.29) is 17.7 Å². The van der Waals surface area contributed by atoms with Crippen LogP contribution in [0.4, 0.5) is 0 Å². The lowest BCUT2D eigenvalue weighted by Crippen LogP contribution is -2.49. The molecule has 1 saturated carbocycles. The molecule has 0 aromatic rings. The highest BCUT2D eigenvalue weighted by atomic mass is 16.7. The van der Waals surface area contributed by atoms with Crippen molar-refractivity contribution >= 4 is 5.91 Å². The molecule has 108 valence electrons. The van der Waals surface area contributed by atoms with Gasteiger partial charge in [0.15, 0.2) is 5.79 Å². The third-order valence-electron chi connectivity index (χ3n) is 4.68. The van der Waals surface area contributed by atoms with E-state index >= 15 is 0 Å². The van der Waals surface area contributed by atoms with E-state index in [1.165, 1.54) is 0 Å². The Morgan fingerprint density at radius 1 is 1.16 bits per heavy atom. The molecule has 1 unspecified atom stereocenters. The van der Waals surface area contributed by atoms with E-state index in [9.17, 15) is 4.79 Å². The number of likely N-dealkylation sites (tertiary alicyclic amines) is 1. The van der Waals surface area contributed by atoms with E-state index < -0.39 is 0 Å². The van der Waals surface area contributed by atoms with E-state index in [2.05, 4.69) is 0 Å². The van der Waals surface area contributed by atoms with Crippen LogP contribution < -0.4 is 5.73 Å². The molecular weight excluding hydrogens is 244 g/mol. The molecule has 2 heterocycles. The smallest absolute Gasteiger partial charge is 0.225 e. The third-order valence-corrected chi connectivity index (χ3v) is 4.68. The molecule has 1 amide bonds. The van der Waals surface area contributed by atoms with Crippen LogP contribution in [0.15, 0.2) is 0 Å². The summed E-state index contributed by atoms with van der Waals surface area (Å²) in [5.74, 6) is 0.0708. The summed E-state index contributed by atoms with van der Waals surface area (Å²) in [6, 6.07) is 0.161. The molecular formula is C14H24N2O3. The second-order valence-electron chi connectivity index (χ2n) is 6.07. The molecule has 0 radical (unpaired) electrons.